The molecule has 0 saturated carbocycles. The van der Waals surface area contributed by atoms with Crippen molar-refractivity contribution in [1.82, 2.24) is 4.90 Å². The molecule has 0 heterocycles. The first-order valence-electron chi connectivity index (χ1n) is 5.25. The van der Waals surface area contributed by atoms with Crippen LogP contribution in [0.1, 0.15) is 5.56 Å². The van der Waals surface area contributed by atoms with E-state index in [1.165, 1.54) is 5.56 Å². The minimum atomic E-state index is 0.137. The van der Waals surface area contributed by atoms with E-state index in [2.05, 4.69) is 20.8 Å². The monoisotopic (exact) mass is 286 g/mol. The maximum Gasteiger partial charge on any atom is 0.119 e. The lowest BCUT2D eigenvalue weighted by Gasteiger charge is -2.17. The van der Waals surface area contributed by atoms with E-state index in [0.717, 1.165) is 23.2 Å². The number of ether oxygens (including phenoxy) is 1. The van der Waals surface area contributed by atoms with E-state index < -0.39 is 0 Å². The van der Waals surface area contributed by atoms with Crippen LogP contribution in [0.4, 0.5) is 0 Å². The summed E-state index contributed by atoms with van der Waals surface area (Å²) in [7, 11) is 5.73. The lowest BCUT2D eigenvalue weighted by molar-refractivity contribution is 0.370. The van der Waals surface area contributed by atoms with E-state index in [9.17, 15) is 0 Å². The molecule has 1 unspecified atom stereocenters. The number of methoxy groups -OCH3 is 1. The number of rotatable bonds is 5. The highest BCUT2D eigenvalue weighted by molar-refractivity contribution is 9.10. The first-order chi connectivity index (χ1) is 7.52. The Bertz CT molecular complexity index is 342. The molecular formula is C12H19BrN2O. The van der Waals surface area contributed by atoms with Gasteiger partial charge in [0.15, 0.2) is 0 Å². The fourth-order valence-electron chi connectivity index (χ4n) is 1.65. The molecule has 0 radical (unpaired) electrons. The highest BCUT2D eigenvalue weighted by Crippen LogP contribution is 2.23. The van der Waals surface area contributed by atoms with Crippen LogP contribution >= 0.6 is 15.9 Å². The molecule has 0 fully saturated rings. The molecule has 1 atom stereocenters. The van der Waals surface area contributed by atoms with Gasteiger partial charge in [-0.3, -0.25) is 0 Å². The maximum absolute atomic E-state index is 6.06. The van der Waals surface area contributed by atoms with Gasteiger partial charge in [0, 0.05) is 17.1 Å². The Kier molecular flexibility index (Phi) is 5.25. The Morgan fingerprint density at radius 2 is 2.12 bits per heavy atom. The molecule has 0 aliphatic carbocycles. The Hall–Kier alpha value is -0.580. The molecule has 0 bridgehead atoms. The lowest BCUT2D eigenvalue weighted by atomic mass is 10.1. The molecule has 0 aromatic heterocycles. The van der Waals surface area contributed by atoms with Crippen molar-refractivity contribution in [3.8, 4) is 5.75 Å². The average molecular weight is 287 g/mol. The summed E-state index contributed by atoms with van der Waals surface area (Å²) in [6.45, 7) is 0.879. The topological polar surface area (TPSA) is 38.5 Å². The number of nitrogens with zero attached hydrogens (tertiary/aromatic N) is 1. The van der Waals surface area contributed by atoms with Crippen molar-refractivity contribution in [3.05, 3.63) is 28.2 Å². The zero-order valence-corrected chi connectivity index (χ0v) is 11.6. The second kappa shape index (κ2) is 6.23. The minimum absolute atomic E-state index is 0.137. The van der Waals surface area contributed by atoms with Crippen molar-refractivity contribution in [3.63, 3.8) is 0 Å². The number of benzene rings is 1. The average Bonchev–Trinajstić information content (AvgIpc) is 2.20. The molecule has 90 valence electrons. The molecule has 16 heavy (non-hydrogen) atoms. The van der Waals surface area contributed by atoms with Gasteiger partial charge in [0.05, 0.1) is 7.11 Å². The molecule has 1 aromatic rings. The van der Waals surface area contributed by atoms with E-state index in [4.69, 9.17) is 10.5 Å². The van der Waals surface area contributed by atoms with Crippen LogP contribution in [0.5, 0.6) is 5.75 Å². The number of halogens is 1. The van der Waals surface area contributed by atoms with Crippen molar-refractivity contribution < 1.29 is 4.74 Å². The van der Waals surface area contributed by atoms with Crippen LogP contribution in [-0.2, 0) is 6.42 Å². The van der Waals surface area contributed by atoms with Crippen LogP contribution in [0.25, 0.3) is 0 Å². The summed E-state index contributed by atoms with van der Waals surface area (Å²) < 4.78 is 6.29. The Morgan fingerprint density at radius 1 is 1.44 bits per heavy atom. The van der Waals surface area contributed by atoms with Crippen LogP contribution in [0.15, 0.2) is 22.7 Å². The Balaban J connectivity index is 2.71. The van der Waals surface area contributed by atoms with Gasteiger partial charge in [-0.1, -0.05) is 15.9 Å². The lowest BCUT2D eigenvalue weighted by Crippen LogP contribution is -2.34. The first-order valence-corrected chi connectivity index (χ1v) is 6.05. The van der Waals surface area contributed by atoms with Gasteiger partial charge in [-0.2, -0.15) is 0 Å². The van der Waals surface area contributed by atoms with Crippen LogP contribution in [0.2, 0.25) is 0 Å². The quantitative estimate of drug-likeness (QED) is 0.898. The maximum atomic E-state index is 6.06. The molecule has 1 aromatic carbocycles. The van der Waals surface area contributed by atoms with Gasteiger partial charge in [0.1, 0.15) is 5.75 Å². The third-order valence-corrected chi connectivity index (χ3v) is 3.11. The molecule has 1 rings (SSSR count). The Morgan fingerprint density at radius 3 is 2.69 bits per heavy atom. The van der Waals surface area contributed by atoms with Gasteiger partial charge in [-0.15, -0.1) is 0 Å². The molecule has 3 nitrogen and oxygen atoms in total. The SMILES string of the molecule is COc1ccc(Br)c(CC(N)CN(C)C)c1. The zero-order valence-electron chi connectivity index (χ0n) is 10.0. The van der Waals surface area contributed by atoms with Crippen molar-refractivity contribution in [2.45, 2.75) is 12.5 Å². The van der Waals surface area contributed by atoms with Gasteiger partial charge in [-0.05, 0) is 44.3 Å². The third-order valence-electron chi connectivity index (χ3n) is 2.33. The highest BCUT2D eigenvalue weighted by atomic mass is 79.9. The molecule has 0 aliphatic heterocycles. The number of likely N-dealkylation sites (N-methyl/N-ethyl adjacent to an activating group) is 1. The van der Waals surface area contributed by atoms with Crippen LogP contribution in [0, 0.1) is 0 Å². The van der Waals surface area contributed by atoms with Crippen LogP contribution in [-0.4, -0.2) is 38.7 Å². The van der Waals surface area contributed by atoms with Crippen molar-refractivity contribution in [2.75, 3.05) is 27.7 Å². The molecule has 0 amide bonds. The van der Waals surface area contributed by atoms with Crippen molar-refractivity contribution >= 4 is 15.9 Å². The molecule has 0 saturated heterocycles. The van der Waals surface area contributed by atoms with Gasteiger partial charge >= 0.3 is 0 Å². The summed E-state index contributed by atoms with van der Waals surface area (Å²) >= 11 is 3.53. The predicted octanol–water partition coefficient (Wildman–Crippen LogP) is 1.89. The summed E-state index contributed by atoms with van der Waals surface area (Å²) in [5, 5.41) is 0. The largest absolute Gasteiger partial charge is 0.497 e. The minimum Gasteiger partial charge on any atom is -0.497 e. The summed E-state index contributed by atoms with van der Waals surface area (Å²) in [4.78, 5) is 2.10. The van der Waals surface area contributed by atoms with E-state index in [-0.39, 0.29) is 6.04 Å². The van der Waals surface area contributed by atoms with E-state index in [1.807, 2.05) is 32.3 Å². The summed E-state index contributed by atoms with van der Waals surface area (Å²) in [6, 6.07) is 6.10. The fourth-order valence-corrected chi connectivity index (χ4v) is 2.06. The van der Waals surface area contributed by atoms with E-state index in [1.54, 1.807) is 7.11 Å². The first kappa shape index (κ1) is 13.5. The molecule has 2 N–H and O–H groups in total. The third kappa shape index (κ3) is 4.12. The standard InChI is InChI=1S/C12H19BrN2O/c1-15(2)8-10(14)6-9-7-11(16-3)4-5-12(9)13/h4-5,7,10H,6,8,14H2,1-3H3. The second-order valence-electron chi connectivity index (χ2n) is 4.18. The van der Waals surface area contributed by atoms with Crippen LogP contribution in [0.3, 0.4) is 0 Å². The molecule has 4 heteroatoms. The summed E-state index contributed by atoms with van der Waals surface area (Å²) in [5.41, 5.74) is 7.25. The summed E-state index contributed by atoms with van der Waals surface area (Å²) in [5.74, 6) is 0.871. The number of hydrogen-bond acceptors (Lipinski definition) is 3. The van der Waals surface area contributed by atoms with Gasteiger partial charge in [-0.25, -0.2) is 0 Å². The molecular weight excluding hydrogens is 268 g/mol. The second-order valence-corrected chi connectivity index (χ2v) is 5.04. The number of hydrogen-bond donors (Lipinski definition) is 1. The highest BCUT2D eigenvalue weighted by Gasteiger charge is 2.09. The zero-order chi connectivity index (χ0) is 12.1. The van der Waals surface area contributed by atoms with Gasteiger partial charge < -0.3 is 15.4 Å². The molecule has 0 aliphatic rings. The van der Waals surface area contributed by atoms with E-state index >= 15 is 0 Å². The predicted molar refractivity (Wildman–Crippen MR) is 70.9 cm³/mol. The number of nitrogens with two attached hydrogens (primary N) is 1. The molecule has 0 spiro atoms. The fraction of sp³-hybridized carbons (Fsp3) is 0.500. The Labute approximate surface area is 106 Å². The summed E-state index contributed by atoms with van der Waals surface area (Å²) in [6.07, 6.45) is 0.843. The van der Waals surface area contributed by atoms with Crippen molar-refractivity contribution in [1.29, 1.82) is 0 Å². The van der Waals surface area contributed by atoms with Gasteiger partial charge in [0.25, 0.3) is 0 Å². The van der Waals surface area contributed by atoms with Gasteiger partial charge in [0.2, 0.25) is 0 Å². The van der Waals surface area contributed by atoms with E-state index in [0.29, 0.717) is 0 Å². The van der Waals surface area contributed by atoms with Crippen molar-refractivity contribution in [2.24, 2.45) is 5.73 Å². The van der Waals surface area contributed by atoms with Crippen LogP contribution < -0.4 is 10.5 Å². The normalized spacial score (nSPS) is 12.9. The smallest absolute Gasteiger partial charge is 0.119 e.